The topological polar surface area (TPSA) is 79.7 Å². The summed E-state index contributed by atoms with van der Waals surface area (Å²) in [6.07, 6.45) is 3.22. The van der Waals surface area contributed by atoms with Crippen LogP contribution in [0.2, 0.25) is 0 Å². The Morgan fingerprint density at radius 2 is 2.09 bits per heavy atom. The molecule has 7 heteroatoms. The lowest BCUT2D eigenvalue weighted by Crippen LogP contribution is -2.40. The number of rotatable bonds is 4. The van der Waals surface area contributed by atoms with Crippen LogP contribution in [-0.2, 0) is 27.2 Å². The fraction of sp³-hybridized carbons (Fsp3) is 0.688. The Morgan fingerprint density at radius 3 is 2.74 bits per heavy atom. The van der Waals surface area contributed by atoms with Gasteiger partial charge in [0.15, 0.2) is 6.10 Å². The highest BCUT2D eigenvalue weighted by Gasteiger charge is 2.39. The molecule has 1 aliphatic heterocycles. The molecule has 1 saturated heterocycles. The van der Waals surface area contributed by atoms with Crippen molar-refractivity contribution in [3.05, 3.63) is 15.6 Å². The molecule has 1 aromatic heterocycles. The van der Waals surface area contributed by atoms with Gasteiger partial charge in [0.25, 0.3) is 5.91 Å². The SMILES string of the molecule is CCc1nc2c(s1)C(N(C)C(=O)[C@@H]1CC[C@H](C(=O)O)O1)CCC2. The molecular weight excluding hydrogens is 316 g/mol. The zero-order valence-electron chi connectivity index (χ0n) is 13.4. The second-order valence-electron chi connectivity index (χ2n) is 6.16. The van der Waals surface area contributed by atoms with Gasteiger partial charge >= 0.3 is 5.97 Å². The van der Waals surface area contributed by atoms with Gasteiger partial charge in [0.2, 0.25) is 0 Å². The van der Waals surface area contributed by atoms with Crippen LogP contribution in [0.5, 0.6) is 0 Å². The first-order valence-electron chi connectivity index (χ1n) is 8.14. The summed E-state index contributed by atoms with van der Waals surface area (Å²) < 4.78 is 5.41. The number of aromatic nitrogens is 1. The molecule has 0 spiro atoms. The predicted octanol–water partition coefficient (Wildman–Crippen LogP) is 2.17. The second kappa shape index (κ2) is 6.57. The molecular formula is C16H22N2O4S. The van der Waals surface area contributed by atoms with Crippen LogP contribution >= 0.6 is 11.3 Å². The lowest BCUT2D eigenvalue weighted by atomic mass is 9.96. The maximum Gasteiger partial charge on any atom is 0.332 e. The lowest BCUT2D eigenvalue weighted by Gasteiger charge is -2.32. The highest BCUT2D eigenvalue weighted by atomic mass is 32.1. The summed E-state index contributed by atoms with van der Waals surface area (Å²) in [6.45, 7) is 2.09. The van der Waals surface area contributed by atoms with Crippen molar-refractivity contribution in [2.75, 3.05) is 7.05 Å². The van der Waals surface area contributed by atoms with E-state index in [4.69, 9.17) is 9.84 Å². The van der Waals surface area contributed by atoms with Gasteiger partial charge in [0, 0.05) is 7.05 Å². The number of carboxylic acid groups (broad SMARTS) is 1. The first kappa shape index (κ1) is 16.4. The van der Waals surface area contributed by atoms with Gasteiger partial charge in [0.05, 0.1) is 21.6 Å². The van der Waals surface area contributed by atoms with E-state index < -0.39 is 18.2 Å². The summed E-state index contributed by atoms with van der Waals surface area (Å²) in [5.41, 5.74) is 1.12. The van der Waals surface area contributed by atoms with Gasteiger partial charge in [-0.25, -0.2) is 9.78 Å². The number of ether oxygens (including phenoxy) is 1. The monoisotopic (exact) mass is 338 g/mol. The summed E-state index contributed by atoms with van der Waals surface area (Å²) in [5, 5.41) is 10.1. The van der Waals surface area contributed by atoms with Gasteiger partial charge in [0.1, 0.15) is 6.10 Å². The Bertz CT molecular complexity index is 615. The van der Waals surface area contributed by atoms with E-state index in [1.54, 1.807) is 23.3 Å². The largest absolute Gasteiger partial charge is 0.479 e. The molecule has 3 rings (SSSR count). The summed E-state index contributed by atoms with van der Waals surface area (Å²) in [7, 11) is 1.80. The third-order valence-corrected chi connectivity index (χ3v) is 6.00. The molecule has 1 N–H and O–H groups in total. The Morgan fingerprint density at radius 1 is 1.35 bits per heavy atom. The Balaban J connectivity index is 1.74. The number of thiazole rings is 1. The Hall–Kier alpha value is -1.47. The number of carbonyl (C=O) groups is 2. The molecule has 1 amide bonds. The van der Waals surface area contributed by atoms with Gasteiger partial charge in [-0.05, 0) is 38.5 Å². The molecule has 2 heterocycles. The van der Waals surface area contributed by atoms with Gasteiger partial charge in [-0.3, -0.25) is 4.79 Å². The predicted molar refractivity (Wildman–Crippen MR) is 85.5 cm³/mol. The van der Waals surface area contributed by atoms with E-state index in [0.29, 0.717) is 12.8 Å². The van der Waals surface area contributed by atoms with Crippen molar-refractivity contribution in [3.63, 3.8) is 0 Å². The van der Waals surface area contributed by atoms with Crippen molar-refractivity contribution in [3.8, 4) is 0 Å². The summed E-state index contributed by atoms with van der Waals surface area (Å²) in [4.78, 5) is 31.3. The maximum absolute atomic E-state index is 12.7. The van der Waals surface area contributed by atoms with Gasteiger partial charge in [-0.15, -0.1) is 11.3 Å². The van der Waals surface area contributed by atoms with Crippen LogP contribution in [0.15, 0.2) is 0 Å². The van der Waals surface area contributed by atoms with E-state index in [1.165, 1.54) is 4.88 Å². The van der Waals surface area contributed by atoms with Crippen LogP contribution in [0.25, 0.3) is 0 Å². The van der Waals surface area contributed by atoms with Crippen molar-refractivity contribution in [2.24, 2.45) is 0 Å². The van der Waals surface area contributed by atoms with Crippen LogP contribution in [0.4, 0.5) is 0 Å². The molecule has 0 bridgehead atoms. The summed E-state index contributed by atoms with van der Waals surface area (Å²) in [6, 6.07) is 0.0385. The number of fused-ring (bicyclic) bond motifs is 1. The number of aliphatic carboxylic acids is 1. The Labute approximate surface area is 139 Å². The highest BCUT2D eigenvalue weighted by Crippen LogP contribution is 2.38. The number of amides is 1. The Kier molecular flexibility index (Phi) is 4.68. The minimum absolute atomic E-state index is 0.0385. The average Bonchev–Trinajstić information content (AvgIpc) is 3.19. The molecule has 126 valence electrons. The zero-order valence-corrected chi connectivity index (χ0v) is 14.3. The van der Waals surface area contributed by atoms with E-state index in [1.807, 2.05) is 0 Å². The minimum Gasteiger partial charge on any atom is -0.479 e. The van der Waals surface area contributed by atoms with Crippen LogP contribution in [0.3, 0.4) is 0 Å². The number of carboxylic acids is 1. The van der Waals surface area contributed by atoms with Gasteiger partial charge < -0.3 is 14.7 Å². The van der Waals surface area contributed by atoms with Crippen molar-refractivity contribution in [2.45, 2.75) is 63.7 Å². The van der Waals surface area contributed by atoms with Crippen LogP contribution in [0, 0.1) is 0 Å². The third-order valence-electron chi connectivity index (χ3n) is 4.65. The number of carbonyl (C=O) groups excluding carboxylic acids is 1. The van der Waals surface area contributed by atoms with E-state index in [2.05, 4.69) is 11.9 Å². The molecule has 0 radical (unpaired) electrons. The molecule has 0 aromatic carbocycles. The van der Waals surface area contributed by atoms with Crippen molar-refractivity contribution >= 4 is 23.2 Å². The molecule has 6 nitrogen and oxygen atoms in total. The fourth-order valence-corrected chi connectivity index (χ4v) is 4.58. The van der Waals surface area contributed by atoms with Crippen LogP contribution in [0.1, 0.15) is 54.2 Å². The summed E-state index contributed by atoms with van der Waals surface area (Å²) >= 11 is 1.70. The van der Waals surface area contributed by atoms with E-state index >= 15 is 0 Å². The number of aryl methyl sites for hydroxylation is 2. The third kappa shape index (κ3) is 3.12. The smallest absolute Gasteiger partial charge is 0.332 e. The van der Waals surface area contributed by atoms with E-state index in [9.17, 15) is 9.59 Å². The van der Waals surface area contributed by atoms with Crippen LogP contribution in [-0.4, -0.2) is 46.1 Å². The van der Waals surface area contributed by atoms with Crippen molar-refractivity contribution < 1.29 is 19.4 Å². The maximum atomic E-state index is 12.7. The second-order valence-corrected chi connectivity index (χ2v) is 7.27. The van der Waals surface area contributed by atoms with Crippen molar-refractivity contribution in [1.29, 1.82) is 0 Å². The lowest BCUT2D eigenvalue weighted by molar-refractivity contribution is -0.155. The summed E-state index contributed by atoms with van der Waals surface area (Å²) in [5.74, 6) is -1.10. The molecule has 1 aromatic rings. The number of likely N-dealkylation sites (N-methyl/N-ethyl adjacent to an activating group) is 1. The van der Waals surface area contributed by atoms with Gasteiger partial charge in [-0.2, -0.15) is 0 Å². The number of nitrogens with zero attached hydrogens (tertiary/aromatic N) is 2. The zero-order chi connectivity index (χ0) is 16.6. The molecule has 1 fully saturated rings. The first-order chi connectivity index (χ1) is 11.0. The average molecular weight is 338 g/mol. The number of hydrogen-bond donors (Lipinski definition) is 1. The quantitative estimate of drug-likeness (QED) is 0.910. The van der Waals surface area contributed by atoms with Crippen molar-refractivity contribution in [1.82, 2.24) is 9.88 Å². The number of hydrogen-bond acceptors (Lipinski definition) is 5. The fourth-order valence-electron chi connectivity index (χ4n) is 3.35. The highest BCUT2D eigenvalue weighted by molar-refractivity contribution is 7.11. The molecule has 1 aliphatic carbocycles. The molecule has 23 heavy (non-hydrogen) atoms. The first-order valence-corrected chi connectivity index (χ1v) is 8.96. The van der Waals surface area contributed by atoms with E-state index in [-0.39, 0.29) is 11.9 Å². The molecule has 2 aliphatic rings. The molecule has 0 saturated carbocycles. The van der Waals surface area contributed by atoms with E-state index in [0.717, 1.165) is 36.4 Å². The molecule has 3 atom stereocenters. The van der Waals surface area contributed by atoms with Gasteiger partial charge in [-0.1, -0.05) is 6.92 Å². The van der Waals surface area contributed by atoms with Crippen LogP contribution < -0.4 is 0 Å². The normalized spacial score (nSPS) is 26.8. The molecule has 1 unspecified atom stereocenters. The minimum atomic E-state index is -0.988. The standard InChI is InChI=1S/C16H22N2O4S/c1-3-13-17-9-5-4-6-10(14(9)23-13)18(2)15(19)11-7-8-12(22-11)16(20)21/h10-12H,3-8H2,1-2H3,(H,20,21)/t10?,11-,12+/m0/s1.